The van der Waals surface area contributed by atoms with Gasteiger partial charge in [0.2, 0.25) is 0 Å². The van der Waals surface area contributed by atoms with Crippen molar-refractivity contribution in [2.24, 2.45) is 5.10 Å². The van der Waals surface area contributed by atoms with Crippen LogP contribution in [-0.4, -0.2) is 38.5 Å². The second-order valence-electron chi connectivity index (χ2n) is 7.31. The number of fused-ring (bicyclic) bond motifs is 1. The Morgan fingerprint density at radius 2 is 1.76 bits per heavy atom. The van der Waals surface area contributed by atoms with E-state index >= 15 is 0 Å². The molecule has 0 fully saturated rings. The van der Waals surface area contributed by atoms with Gasteiger partial charge in [0.1, 0.15) is 0 Å². The molecule has 0 unspecified atom stereocenters. The second kappa shape index (κ2) is 10.1. The van der Waals surface area contributed by atoms with Crippen molar-refractivity contribution >= 4 is 40.8 Å². The molecule has 4 aromatic rings. The molecule has 170 valence electrons. The maximum atomic E-state index is 13.3. The first-order valence-electron chi connectivity index (χ1n) is 10.3. The van der Waals surface area contributed by atoms with Crippen molar-refractivity contribution in [1.29, 1.82) is 0 Å². The number of rotatable bonds is 7. The predicted molar refractivity (Wildman–Crippen MR) is 132 cm³/mol. The monoisotopic (exact) mass is 472 g/mol. The Kier molecular flexibility index (Phi) is 6.84. The van der Waals surface area contributed by atoms with Crippen LogP contribution in [0.4, 0.5) is 0 Å². The molecular formula is C25H20N4O4S. The number of carboxylic acids is 1. The van der Waals surface area contributed by atoms with Crippen molar-refractivity contribution in [1.82, 2.24) is 15.0 Å². The maximum absolute atomic E-state index is 13.3. The van der Waals surface area contributed by atoms with E-state index in [2.05, 4.69) is 15.5 Å². The Hall–Kier alpha value is -4.24. The van der Waals surface area contributed by atoms with Gasteiger partial charge in [-0.15, -0.1) is 0 Å². The largest absolute Gasteiger partial charge is 0.478 e. The number of nitrogens with zero attached hydrogens (tertiary/aromatic N) is 3. The summed E-state index contributed by atoms with van der Waals surface area (Å²) in [5.74, 6) is -1.55. The van der Waals surface area contributed by atoms with Crippen LogP contribution in [-0.2, 0) is 4.79 Å². The molecule has 2 N–H and O–H groups in total. The third-order valence-corrected chi connectivity index (χ3v) is 5.96. The molecule has 8 nitrogen and oxygen atoms in total. The highest BCUT2D eigenvalue weighted by molar-refractivity contribution is 7.99. The summed E-state index contributed by atoms with van der Waals surface area (Å²) in [5, 5.41) is 14.0. The number of amides is 1. The Morgan fingerprint density at radius 3 is 2.56 bits per heavy atom. The molecule has 0 aliphatic carbocycles. The maximum Gasteiger partial charge on any atom is 0.336 e. The van der Waals surface area contributed by atoms with Gasteiger partial charge in [0.15, 0.2) is 5.16 Å². The van der Waals surface area contributed by atoms with E-state index in [4.69, 9.17) is 0 Å². The van der Waals surface area contributed by atoms with Crippen LogP contribution in [0.15, 0.2) is 87.8 Å². The topological polar surface area (TPSA) is 114 Å². The smallest absolute Gasteiger partial charge is 0.336 e. The van der Waals surface area contributed by atoms with E-state index in [9.17, 15) is 19.5 Å². The molecule has 1 aromatic heterocycles. The van der Waals surface area contributed by atoms with Crippen LogP contribution in [0.25, 0.3) is 16.6 Å². The summed E-state index contributed by atoms with van der Waals surface area (Å²) in [6.45, 7) is 1.90. The van der Waals surface area contributed by atoms with E-state index in [0.717, 1.165) is 17.3 Å². The molecule has 0 radical (unpaired) electrons. The van der Waals surface area contributed by atoms with E-state index in [1.807, 2.05) is 31.2 Å². The summed E-state index contributed by atoms with van der Waals surface area (Å²) in [5.41, 5.74) is 4.76. The third-order valence-electron chi connectivity index (χ3n) is 5.02. The normalized spacial score (nSPS) is 11.1. The van der Waals surface area contributed by atoms with Crippen LogP contribution < -0.4 is 11.0 Å². The molecule has 0 saturated carbocycles. The van der Waals surface area contributed by atoms with E-state index in [0.29, 0.717) is 27.3 Å². The van der Waals surface area contributed by atoms with Gasteiger partial charge in [-0.2, -0.15) is 5.10 Å². The number of benzene rings is 3. The SMILES string of the molecule is Cc1ccccc1-n1c(SCC(=O)N/N=C/c2ccccc2C(=O)O)nc2ccccc2c1=O. The fraction of sp³-hybridized carbons (Fsp3) is 0.0800. The lowest BCUT2D eigenvalue weighted by Gasteiger charge is -2.14. The van der Waals surface area contributed by atoms with Gasteiger partial charge < -0.3 is 5.11 Å². The van der Waals surface area contributed by atoms with Gasteiger partial charge in [0.05, 0.1) is 34.1 Å². The molecule has 1 heterocycles. The van der Waals surface area contributed by atoms with Crippen LogP contribution in [0, 0.1) is 6.92 Å². The number of hydrogen-bond acceptors (Lipinski definition) is 6. The lowest BCUT2D eigenvalue weighted by atomic mass is 10.1. The number of aryl methyl sites for hydroxylation is 1. The summed E-state index contributed by atoms with van der Waals surface area (Å²) < 4.78 is 1.52. The summed E-state index contributed by atoms with van der Waals surface area (Å²) in [4.78, 5) is 41.6. The lowest BCUT2D eigenvalue weighted by Crippen LogP contribution is -2.24. The number of thioether (sulfide) groups is 1. The van der Waals surface area contributed by atoms with Crippen molar-refractivity contribution in [3.8, 4) is 5.69 Å². The average Bonchev–Trinajstić information content (AvgIpc) is 2.84. The highest BCUT2D eigenvalue weighted by Gasteiger charge is 2.16. The highest BCUT2D eigenvalue weighted by atomic mass is 32.2. The van der Waals surface area contributed by atoms with Crippen molar-refractivity contribution in [3.63, 3.8) is 0 Å². The average molecular weight is 473 g/mol. The van der Waals surface area contributed by atoms with E-state index in [1.54, 1.807) is 42.5 Å². The Morgan fingerprint density at radius 1 is 1.06 bits per heavy atom. The van der Waals surface area contributed by atoms with Gasteiger partial charge in [-0.3, -0.25) is 14.2 Å². The molecule has 9 heteroatoms. The zero-order valence-corrected chi connectivity index (χ0v) is 19.0. The summed E-state index contributed by atoms with van der Waals surface area (Å²) in [7, 11) is 0. The number of carbonyl (C=O) groups excluding carboxylic acids is 1. The van der Waals surface area contributed by atoms with Crippen molar-refractivity contribution in [2.45, 2.75) is 12.1 Å². The van der Waals surface area contributed by atoms with Crippen LogP contribution in [0.5, 0.6) is 0 Å². The zero-order valence-electron chi connectivity index (χ0n) is 18.1. The van der Waals surface area contributed by atoms with Crippen LogP contribution in [0.2, 0.25) is 0 Å². The summed E-state index contributed by atoms with van der Waals surface area (Å²) in [6.07, 6.45) is 1.28. The van der Waals surface area contributed by atoms with Gasteiger partial charge >= 0.3 is 5.97 Å². The van der Waals surface area contributed by atoms with Crippen molar-refractivity contribution in [3.05, 3.63) is 99.8 Å². The Bertz CT molecular complexity index is 1480. The van der Waals surface area contributed by atoms with Crippen LogP contribution in [0.3, 0.4) is 0 Å². The van der Waals surface area contributed by atoms with Gasteiger partial charge in [-0.25, -0.2) is 15.2 Å². The first-order valence-corrected chi connectivity index (χ1v) is 11.3. The summed E-state index contributed by atoms with van der Waals surface area (Å²) in [6, 6.07) is 20.9. The Labute approximate surface area is 199 Å². The molecule has 0 atom stereocenters. The number of aromatic nitrogens is 2. The minimum Gasteiger partial charge on any atom is -0.478 e. The molecular weight excluding hydrogens is 452 g/mol. The second-order valence-corrected chi connectivity index (χ2v) is 8.26. The third kappa shape index (κ3) is 4.89. The van der Waals surface area contributed by atoms with Gasteiger partial charge in [-0.1, -0.05) is 60.3 Å². The molecule has 3 aromatic carbocycles. The summed E-state index contributed by atoms with van der Waals surface area (Å²) >= 11 is 1.11. The molecule has 4 rings (SSSR count). The Balaban J connectivity index is 1.57. The first kappa shape index (κ1) is 22.9. The first-order chi connectivity index (χ1) is 16.5. The van der Waals surface area contributed by atoms with Gasteiger partial charge in [0, 0.05) is 5.56 Å². The number of hydrogen-bond donors (Lipinski definition) is 2. The van der Waals surface area contributed by atoms with E-state index in [1.165, 1.54) is 16.8 Å². The molecule has 0 saturated heterocycles. The minimum atomic E-state index is -1.08. The van der Waals surface area contributed by atoms with Gasteiger partial charge in [-0.05, 0) is 36.8 Å². The number of carboxylic acid groups (broad SMARTS) is 1. The molecule has 34 heavy (non-hydrogen) atoms. The lowest BCUT2D eigenvalue weighted by molar-refractivity contribution is -0.118. The standard InChI is InChI=1S/C25H20N4O4S/c1-16-8-2-7-13-21(16)29-23(31)19-11-5-6-12-20(19)27-25(29)34-15-22(30)28-26-14-17-9-3-4-10-18(17)24(32)33/h2-14H,15H2,1H3,(H,28,30)(H,32,33)/b26-14+. The zero-order chi connectivity index (χ0) is 24.1. The van der Waals surface area contributed by atoms with E-state index in [-0.39, 0.29) is 16.9 Å². The fourth-order valence-electron chi connectivity index (χ4n) is 3.38. The molecule has 1 amide bonds. The van der Waals surface area contributed by atoms with Gasteiger partial charge in [0.25, 0.3) is 11.5 Å². The van der Waals surface area contributed by atoms with Crippen LogP contribution >= 0.6 is 11.8 Å². The quantitative estimate of drug-likeness (QED) is 0.184. The van der Waals surface area contributed by atoms with Crippen molar-refractivity contribution in [2.75, 3.05) is 5.75 Å². The van der Waals surface area contributed by atoms with E-state index < -0.39 is 11.9 Å². The number of carbonyl (C=O) groups is 2. The minimum absolute atomic E-state index is 0.0470. The number of nitrogens with one attached hydrogen (secondary N) is 1. The molecule has 0 bridgehead atoms. The number of hydrazone groups is 1. The highest BCUT2D eigenvalue weighted by Crippen LogP contribution is 2.23. The number of para-hydroxylation sites is 2. The van der Waals surface area contributed by atoms with Crippen LogP contribution in [0.1, 0.15) is 21.5 Å². The molecule has 0 aliphatic rings. The molecule has 0 aliphatic heterocycles. The fourth-order valence-corrected chi connectivity index (χ4v) is 4.17. The predicted octanol–water partition coefficient (Wildman–Crippen LogP) is 3.63. The van der Waals surface area contributed by atoms with Crippen molar-refractivity contribution < 1.29 is 14.7 Å². The number of aromatic carboxylic acids is 1. The molecule has 0 spiro atoms.